The molecule has 0 radical (unpaired) electrons. The minimum absolute atomic E-state index is 0.480. The molecule has 0 aliphatic carbocycles. The van der Waals surface area contributed by atoms with Crippen LogP contribution in [0.3, 0.4) is 0 Å². The predicted octanol–water partition coefficient (Wildman–Crippen LogP) is 4.68. The highest BCUT2D eigenvalue weighted by Crippen LogP contribution is 2.32. The van der Waals surface area contributed by atoms with Crippen molar-refractivity contribution in [3.8, 4) is 11.5 Å². The molecule has 0 bridgehead atoms. The van der Waals surface area contributed by atoms with Gasteiger partial charge >= 0.3 is 0 Å². The average Bonchev–Trinajstić information content (AvgIpc) is 2.44. The van der Waals surface area contributed by atoms with Crippen LogP contribution in [-0.4, -0.2) is 11.5 Å². The van der Waals surface area contributed by atoms with Gasteiger partial charge in [0.25, 0.3) is 0 Å². The average molecular weight is 311 g/mol. The van der Waals surface area contributed by atoms with E-state index in [1.54, 1.807) is 30.6 Å². The number of rotatable bonds is 6. The molecule has 0 spiro atoms. The Morgan fingerprint density at radius 2 is 2.05 bits per heavy atom. The van der Waals surface area contributed by atoms with Gasteiger partial charge in [-0.3, -0.25) is 4.98 Å². The second-order valence-electron chi connectivity index (χ2n) is 4.34. The van der Waals surface area contributed by atoms with Crippen LogP contribution >= 0.6 is 23.2 Å². The maximum absolute atomic E-state index is 6.11. The van der Waals surface area contributed by atoms with Crippen LogP contribution in [0.5, 0.6) is 11.5 Å². The van der Waals surface area contributed by atoms with Crippen LogP contribution in [0, 0.1) is 0 Å². The van der Waals surface area contributed by atoms with Gasteiger partial charge in [-0.1, -0.05) is 30.1 Å². The number of benzene rings is 1. The van der Waals surface area contributed by atoms with Gasteiger partial charge in [0.2, 0.25) is 0 Å². The summed E-state index contributed by atoms with van der Waals surface area (Å²) in [6.07, 6.45) is 4.53. The molecule has 2 aromatic rings. The molecule has 0 saturated heterocycles. The number of nitrogens with zero attached hydrogens (tertiary/aromatic N) is 1. The van der Waals surface area contributed by atoms with Gasteiger partial charge in [-0.05, 0) is 37.2 Å². The molecule has 0 amide bonds. The number of ether oxygens (including phenoxy) is 1. The largest absolute Gasteiger partial charge is 0.454 e. The normalized spacial score (nSPS) is 10.6. The first kappa shape index (κ1) is 15.1. The van der Waals surface area contributed by atoms with Crippen LogP contribution in [0.4, 0.5) is 0 Å². The molecule has 2 rings (SSSR count). The summed E-state index contributed by atoms with van der Waals surface area (Å²) in [6.45, 7) is 3.82. The Morgan fingerprint density at radius 1 is 1.20 bits per heavy atom. The highest BCUT2D eigenvalue weighted by molar-refractivity contribution is 6.35. The zero-order valence-electron chi connectivity index (χ0n) is 11.2. The molecule has 0 aliphatic heterocycles. The summed E-state index contributed by atoms with van der Waals surface area (Å²) in [7, 11) is 0. The lowest BCUT2D eigenvalue weighted by atomic mass is 10.2. The van der Waals surface area contributed by atoms with Crippen molar-refractivity contribution in [2.75, 3.05) is 6.54 Å². The molecule has 0 saturated carbocycles. The van der Waals surface area contributed by atoms with Crippen LogP contribution in [-0.2, 0) is 6.54 Å². The first-order valence-corrected chi connectivity index (χ1v) is 7.23. The highest BCUT2D eigenvalue weighted by atomic mass is 35.5. The highest BCUT2D eigenvalue weighted by Gasteiger charge is 2.08. The summed E-state index contributed by atoms with van der Waals surface area (Å²) in [5.41, 5.74) is 1.04. The summed E-state index contributed by atoms with van der Waals surface area (Å²) in [5, 5.41) is 4.40. The van der Waals surface area contributed by atoms with Crippen molar-refractivity contribution in [2.45, 2.75) is 19.9 Å². The number of pyridine rings is 1. The van der Waals surface area contributed by atoms with Crippen LogP contribution in [0.2, 0.25) is 10.0 Å². The first-order valence-electron chi connectivity index (χ1n) is 6.47. The van der Waals surface area contributed by atoms with Crippen molar-refractivity contribution >= 4 is 23.2 Å². The lowest BCUT2D eigenvalue weighted by molar-refractivity contribution is 0.470. The summed E-state index contributed by atoms with van der Waals surface area (Å²) >= 11 is 12.0. The van der Waals surface area contributed by atoms with Crippen molar-refractivity contribution in [3.63, 3.8) is 0 Å². The van der Waals surface area contributed by atoms with E-state index in [1.807, 2.05) is 6.07 Å². The fourth-order valence-corrected chi connectivity index (χ4v) is 2.17. The molecule has 3 nitrogen and oxygen atoms in total. The third-order valence-corrected chi connectivity index (χ3v) is 3.26. The third kappa shape index (κ3) is 4.10. The predicted molar refractivity (Wildman–Crippen MR) is 82.8 cm³/mol. The van der Waals surface area contributed by atoms with Gasteiger partial charge in [0.1, 0.15) is 11.5 Å². The monoisotopic (exact) mass is 310 g/mol. The van der Waals surface area contributed by atoms with Gasteiger partial charge in [-0.2, -0.15) is 0 Å². The zero-order valence-corrected chi connectivity index (χ0v) is 12.7. The summed E-state index contributed by atoms with van der Waals surface area (Å²) < 4.78 is 5.83. The summed E-state index contributed by atoms with van der Waals surface area (Å²) in [4.78, 5) is 4.10. The molecule has 1 heterocycles. The molecule has 1 aromatic heterocycles. The van der Waals surface area contributed by atoms with Crippen LogP contribution in [0.25, 0.3) is 0 Å². The van der Waals surface area contributed by atoms with Gasteiger partial charge < -0.3 is 10.1 Å². The number of hydrogen-bond acceptors (Lipinski definition) is 3. The van der Waals surface area contributed by atoms with Crippen molar-refractivity contribution in [2.24, 2.45) is 0 Å². The van der Waals surface area contributed by atoms with Crippen molar-refractivity contribution in [3.05, 3.63) is 52.3 Å². The molecule has 1 aromatic carbocycles. The zero-order chi connectivity index (χ0) is 14.4. The Hall–Kier alpha value is -1.29. The molecule has 1 N–H and O–H groups in total. The van der Waals surface area contributed by atoms with Crippen molar-refractivity contribution in [1.82, 2.24) is 10.3 Å². The maximum Gasteiger partial charge on any atom is 0.150 e. The maximum atomic E-state index is 6.11. The Kier molecular flexibility index (Phi) is 5.65. The second kappa shape index (κ2) is 7.48. The van der Waals surface area contributed by atoms with E-state index in [9.17, 15) is 0 Å². The quantitative estimate of drug-likeness (QED) is 0.787. The van der Waals surface area contributed by atoms with E-state index >= 15 is 0 Å². The Labute approximate surface area is 128 Å². The lowest BCUT2D eigenvalue weighted by Gasteiger charge is -2.12. The standard InChI is InChI=1S/C15H16Cl2N2O/c1-2-6-18-9-11-5-7-19-10-15(11)20-14-4-3-12(16)8-13(14)17/h3-5,7-8,10,18H,2,6,9H2,1H3. The smallest absolute Gasteiger partial charge is 0.150 e. The Morgan fingerprint density at radius 3 is 2.80 bits per heavy atom. The topological polar surface area (TPSA) is 34.2 Å². The molecule has 0 unspecified atom stereocenters. The van der Waals surface area contributed by atoms with Crippen LogP contribution < -0.4 is 10.1 Å². The van der Waals surface area contributed by atoms with E-state index in [2.05, 4.69) is 17.2 Å². The van der Waals surface area contributed by atoms with Crippen LogP contribution in [0.15, 0.2) is 36.7 Å². The Bertz CT molecular complexity index is 576. The molecular weight excluding hydrogens is 295 g/mol. The van der Waals surface area contributed by atoms with Gasteiger partial charge in [0.15, 0.2) is 0 Å². The first-order chi connectivity index (χ1) is 9.70. The van der Waals surface area contributed by atoms with E-state index in [1.165, 1.54) is 0 Å². The SMILES string of the molecule is CCCNCc1ccncc1Oc1ccc(Cl)cc1Cl. The van der Waals surface area contributed by atoms with E-state index in [0.717, 1.165) is 25.1 Å². The summed E-state index contributed by atoms with van der Waals surface area (Å²) in [6, 6.07) is 7.08. The minimum atomic E-state index is 0.480. The summed E-state index contributed by atoms with van der Waals surface area (Å²) in [5.74, 6) is 1.26. The van der Waals surface area contributed by atoms with Gasteiger partial charge in [0.05, 0.1) is 11.2 Å². The molecule has 5 heteroatoms. The van der Waals surface area contributed by atoms with E-state index < -0.39 is 0 Å². The van der Waals surface area contributed by atoms with Gasteiger partial charge in [-0.25, -0.2) is 0 Å². The molecule has 20 heavy (non-hydrogen) atoms. The molecule has 0 aliphatic rings. The van der Waals surface area contributed by atoms with Gasteiger partial charge in [0, 0.05) is 23.3 Å². The number of halogens is 2. The molecule has 0 atom stereocenters. The fraction of sp³-hybridized carbons (Fsp3) is 0.267. The molecular formula is C15H16Cl2N2O. The van der Waals surface area contributed by atoms with Gasteiger partial charge in [-0.15, -0.1) is 0 Å². The minimum Gasteiger partial charge on any atom is -0.454 e. The number of aromatic nitrogens is 1. The third-order valence-electron chi connectivity index (χ3n) is 2.73. The van der Waals surface area contributed by atoms with Crippen molar-refractivity contribution in [1.29, 1.82) is 0 Å². The Balaban J connectivity index is 2.16. The molecule has 0 fully saturated rings. The fourth-order valence-electron chi connectivity index (χ4n) is 1.72. The number of nitrogens with one attached hydrogen (secondary N) is 1. The molecule has 106 valence electrons. The number of hydrogen-bond donors (Lipinski definition) is 1. The van der Waals surface area contributed by atoms with E-state index in [-0.39, 0.29) is 0 Å². The van der Waals surface area contributed by atoms with E-state index in [4.69, 9.17) is 27.9 Å². The van der Waals surface area contributed by atoms with E-state index in [0.29, 0.717) is 21.5 Å². The second-order valence-corrected chi connectivity index (χ2v) is 5.18. The van der Waals surface area contributed by atoms with Crippen molar-refractivity contribution < 1.29 is 4.74 Å². The lowest BCUT2D eigenvalue weighted by Crippen LogP contribution is -2.14. The van der Waals surface area contributed by atoms with Crippen LogP contribution in [0.1, 0.15) is 18.9 Å².